The van der Waals surface area contributed by atoms with Gasteiger partial charge in [-0.2, -0.15) is 0 Å². The maximum atomic E-state index is 9.18. The Kier molecular flexibility index (Phi) is 4.67. The van der Waals surface area contributed by atoms with E-state index in [0.717, 1.165) is 43.3 Å². The van der Waals surface area contributed by atoms with E-state index in [1.54, 1.807) is 4.68 Å². The van der Waals surface area contributed by atoms with Crippen LogP contribution in [0.25, 0.3) is 17.2 Å². The van der Waals surface area contributed by atoms with E-state index in [2.05, 4.69) is 24.8 Å². The number of para-hydroxylation sites is 1. The van der Waals surface area contributed by atoms with Crippen molar-refractivity contribution in [1.29, 1.82) is 0 Å². The van der Waals surface area contributed by atoms with E-state index in [0.29, 0.717) is 18.5 Å². The van der Waals surface area contributed by atoms with Crippen LogP contribution in [0.1, 0.15) is 18.9 Å². The maximum Gasteiger partial charge on any atom is 0.162 e. The summed E-state index contributed by atoms with van der Waals surface area (Å²) < 4.78 is 9.91. The van der Waals surface area contributed by atoms with Gasteiger partial charge in [-0.25, -0.2) is 9.67 Å². The SMILES string of the molecule is OCC[C@H]1CN2C[C@@H](n3ccnc3-c3cn(-c4ccccc4)nn3)C[C@H]2CO1. The van der Waals surface area contributed by atoms with E-state index in [9.17, 15) is 5.11 Å². The first-order valence-corrected chi connectivity index (χ1v) is 9.79. The van der Waals surface area contributed by atoms with Gasteiger partial charge in [-0.1, -0.05) is 23.4 Å². The molecule has 0 radical (unpaired) electrons. The van der Waals surface area contributed by atoms with Gasteiger partial charge in [-0.3, -0.25) is 4.90 Å². The van der Waals surface area contributed by atoms with Crippen molar-refractivity contribution in [3.05, 3.63) is 48.9 Å². The Hall–Kier alpha value is -2.55. The number of aromatic nitrogens is 5. The smallest absolute Gasteiger partial charge is 0.162 e. The minimum atomic E-state index is 0.132. The number of aliphatic hydroxyl groups excluding tert-OH is 1. The van der Waals surface area contributed by atoms with E-state index in [1.165, 1.54) is 0 Å². The Bertz CT molecular complexity index is 924. The first-order chi connectivity index (χ1) is 13.8. The third kappa shape index (κ3) is 3.23. The van der Waals surface area contributed by atoms with Crippen LogP contribution in [0.2, 0.25) is 0 Å². The summed E-state index contributed by atoms with van der Waals surface area (Å²) in [6, 6.07) is 10.7. The summed E-state index contributed by atoms with van der Waals surface area (Å²) in [7, 11) is 0. The van der Waals surface area contributed by atoms with E-state index < -0.39 is 0 Å². The number of hydrogen-bond acceptors (Lipinski definition) is 6. The fourth-order valence-corrected chi connectivity index (χ4v) is 4.32. The zero-order valence-electron chi connectivity index (χ0n) is 15.6. The van der Waals surface area contributed by atoms with Crippen LogP contribution >= 0.6 is 0 Å². The normalized spacial score (nSPS) is 25.1. The number of rotatable bonds is 5. The molecule has 0 spiro atoms. The van der Waals surface area contributed by atoms with E-state index in [1.807, 2.05) is 48.9 Å². The summed E-state index contributed by atoms with van der Waals surface area (Å²) in [5, 5.41) is 17.8. The number of fused-ring (bicyclic) bond motifs is 1. The van der Waals surface area contributed by atoms with Crippen LogP contribution in [0.15, 0.2) is 48.9 Å². The minimum absolute atomic E-state index is 0.132. The quantitative estimate of drug-likeness (QED) is 0.723. The van der Waals surface area contributed by atoms with Crippen LogP contribution in [0.3, 0.4) is 0 Å². The van der Waals surface area contributed by atoms with Gasteiger partial charge in [0.25, 0.3) is 0 Å². The molecule has 8 heteroatoms. The highest BCUT2D eigenvalue weighted by Gasteiger charge is 2.38. The standard InChI is InChI=1S/C20H24N6O2/c27-9-6-18-12-24-11-16(10-17(24)14-28-18)25-8-7-21-20(25)19-13-26(23-22-19)15-4-2-1-3-5-15/h1-5,7-8,13,16-18,27H,6,9-12,14H2/t16-,17-,18-/m0/s1. The van der Waals surface area contributed by atoms with Gasteiger partial charge < -0.3 is 14.4 Å². The zero-order valence-corrected chi connectivity index (χ0v) is 15.6. The van der Waals surface area contributed by atoms with Crippen molar-refractivity contribution in [2.45, 2.75) is 31.0 Å². The van der Waals surface area contributed by atoms with E-state index >= 15 is 0 Å². The monoisotopic (exact) mass is 380 g/mol. The van der Waals surface area contributed by atoms with Crippen molar-refractivity contribution in [2.75, 3.05) is 26.3 Å². The molecule has 2 aliphatic heterocycles. The highest BCUT2D eigenvalue weighted by Crippen LogP contribution is 2.33. The molecule has 0 aliphatic carbocycles. The van der Waals surface area contributed by atoms with Crippen LogP contribution < -0.4 is 0 Å². The van der Waals surface area contributed by atoms with Crippen LogP contribution in [-0.2, 0) is 4.74 Å². The Labute approximate surface area is 163 Å². The maximum absolute atomic E-state index is 9.18. The van der Waals surface area contributed by atoms with Crippen molar-refractivity contribution >= 4 is 0 Å². The molecule has 0 saturated carbocycles. The van der Waals surface area contributed by atoms with Crippen molar-refractivity contribution in [2.24, 2.45) is 0 Å². The highest BCUT2D eigenvalue weighted by atomic mass is 16.5. The van der Waals surface area contributed by atoms with Crippen LogP contribution in [0.5, 0.6) is 0 Å². The van der Waals surface area contributed by atoms with Gasteiger partial charge in [0.15, 0.2) is 5.82 Å². The van der Waals surface area contributed by atoms with Gasteiger partial charge in [-0.15, -0.1) is 5.10 Å². The summed E-state index contributed by atoms with van der Waals surface area (Å²) in [6.07, 6.45) is 7.66. The molecule has 5 rings (SSSR count). The van der Waals surface area contributed by atoms with Gasteiger partial charge in [0.05, 0.1) is 24.6 Å². The Morgan fingerprint density at radius 1 is 1.14 bits per heavy atom. The molecule has 3 aromatic rings. The number of aliphatic hydroxyl groups is 1. The fourth-order valence-electron chi connectivity index (χ4n) is 4.32. The topological polar surface area (TPSA) is 81.2 Å². The van der Waals surface area contributed by atoms with Crippen LogP contribution in [0.4, 0.5) is 0 Å². The summed E-state index contributed by atoms with van der Waals surface area (Å²) in [4.78, 5) is 7.05. The van der Waals surface area contributed by atoms with Gasteiger partial charge in [0.2, 0.25) is 0 Å². The van der Waals surface area contributed by atoms with Gasteiger partial charge in [-0.05, 0) is 25.0 Å². The molecule has 2 aliphatic rings. The second-order valence-corrected chi connectivity index (χ2v) is 7.51. The van der Waals surface area contributed by atoms with E-state index in [4.69, 9.17) is 4.74 Å². The van der Waals surface area contributed by atoms with Crippen molar-refractivity contribution in [1.82, 2.24) is 29.4 Å². The number of imidazole rings is 1. The van der Waals surface area contributed by atoms with Gasteiger partial charge >= 0.3 is 0 Å². The average molecular weight is 380 g/mol. The zero-order chi connectivity index (χ0) is 18.9. The van der Waals surface area contributed by atoms with E-state index in [-0.39, 0.29) is 12.7 Å². The summed E-state index contributed by atoms with van der Waals surface area (Å²) >= 11 is 0. The molecular formula is C20H24N6O2. The van der Waals surface area contributed by atoms with Crippen LogP contribution in [-0.4, -0.2) is 73.0 Å². The van der Waals surface area contributed by atoms with Crippen molar-refractivity contribution < 1.29 is 9.84 Å². The van der Waals surface area contributed by atoms with Crippen LogP contribution in [0, 0.1) is 0 Å². The predicted octanol–water partition coefficient (Wildman–Crippen LogP) is 1.53. The molecule has 2 fully saturated rings. The molecule has 146 valence electrons. The molecule has 0 unspecified atom stereocenters. The van der Waals surface area contributed by atoms with Crippen molar-refractivity contribution in [3.8, 4) is 17.2 Å². The first-order valence-electron chi connectivity index (χ1n) is 9.79. The molecule has 28 heavy (non-hydrogen) atoms. The van der Waals surface area contributed by atoms with Gasteiger partial charge in [0.1, 0.15) is 5.69 Å². The lowest BCUT2D eigenvalue weighted by Crippen LogP contribution is -2.46. The second-order valence-electron chi connectivity index (χ2n) is 7.51. The van der Waals surface area contributed by atoms with Crippen molar-refractivity contribution in [3.63, 3.8) is 0 Å². The molecule has 0 bridgehead atoms. The molecule has 1 N–H and O–H groups in total. The predicted molar refractivity (Wildman–Crippen MR) is 103 cm³/mol. The summed E-state index contributed by atoms with van der Waals surface area (Å²) in [6.45, 7) is 2.76. The number of benzene rings is 1. The molecule has 3 atom stereocenters. The summed E-state index contributed by atoms with van der Waals surface area (Å²) in [5.74, 6) is 0.847. The number of nitrogens with zero attached hydrogens (tertiary/aromatic N) is 6. The first kappa shape index (κ1) is 17.5. The molecule has 2 aromatic heterocycles. The lowest BCUT2D eigenvalue weighted by Gasteiger charge is -2.34. The lowest BCUT2D eigenvalue weighted by atomic mass is 10.1. The highest BCUT2D eigenvalue weighted by molar-refractivity contribution is 5.49. The second kappa shape index (κ2) is 7.46. The molecule has 0 amide bonds. The molecule has 8 nitrogen and oxygen atoms in total. The third-order valence-electron chi connectivity index (χ3n) is 5.72. The number of hydrogen-bond donors (Lipinski definition) is 1. The molecule has 2 saturated heterocycles. The Morgan fingerprint density at radius 2 is 2.04 bits per heavy atom. The summed E-state index contributed by atoms with van der Waals surface area (Å²) in [5.41, 5.74) is 1.75. The lowest BCUT2D eigenvalue weighted by molar-refractivity contribution is -0.0567. The molecular weight excluding hydrogens is 356 g/mol. The minimum Gasteiger partial charge on any atom is -0.396 e. The van der Waals surface area contributed by atoms with Gasteiger partial charge in [0, 0.05) is 44.2 Å². The Morgan fingerprint density at radius 3 is 2.89 bits per heavy atom. The average Bonchev–Trinajstić information content (AvgIpc) is 3.46. The third-order valence-corrected chi connectivity index (χ3v) is 5.72. The molecule has 1 aromatic carbocycles. The number of morpholine rings is 1. The largest absolute Gasteiger partial charge is 0.396 e. The Balaban J connectivity index is 1.35. The number of ether oxygens (including phenoxy) is 1. The fraction of sp³-hybridized carbons (Fsp3) is 0.450. The molecule has 4 heterocycles.